The highest BCUT2D eigenvalue weighted by molar-refractivity contribution is 6.53. The molecule has 3 rings (SSSR count). The van der Waals surface area contributed by atoms with E-state index in [-0.39, 0.29) is 6.54 Å². The lowest BCUT2D eigenvalue weighted by atomic mass is 10.0. The van der Waals surface area contributed by atoms with Gasteiger partial charge < -0.3 is 9.73 Å². The molecule has 0 saturated heterocycles. The van der Waals surface area contributed by atoms with Crippen molar-refractivity contribution in [2.45, 2.75) is 11.4 Å². The number of halogens is 2. The first-order valence-corrected chi connectivity index (χ1v) is 7.44. The van der Waals surface area contributed by atoms with E-state index in [4.69, 9.17) is 27.6 Å². The molecule has 0 fully saturated rings. The Kier molecular flexibility index (Phi) is 4.05. The van der Waals surface area contributed by atoms with Gasteiger partial charge in [-0.2, -0.15) is 0 Å². The van der Waals surface area contributed by atoms with Gasteiger partial charge in [0.1, 0.15) is 5.58 Å². The van der Waals surface area contributed by atoms with Gasteiger partial charge in [0.2, 0.25) is 0 Å². The van der Waals surface area contributed by atoms with Gasteiger partial charge in [-0.15, -0.1) is 0 Å². The van der Waals surface area contributed by atoms with Gasteiger partial charge >= 0.3 is 5.63 Å². The fourth-order valence-electron chi connectivity index (χ4n) is 2.42. The Morgan fingerprint density at radius 3 is 2.73 bits per heavy atom. The van der Waals surface area contributed by atoms with Crippen LogP contribution in [0.3, 0.4) is 0 Å². The summed E-state index contributed by atoms with van der Waals surface area (Å²) in [6.45, 7) is 0.144. The minimum Gasteiger partial charge on any atom is -0.423 e. The Labute approximate surface area is 135 Å². The molecule has 0 radical (unpaired) electrons. The van der Waals surface area contributed by atoms with Crippen LogP contribution in [0.4, 0.5) is 0 Å². The van der Waals surface area contributed by atoms with E-state index in [0.29, 0.717) is 11.1 Å². The minimum atomic E-state index is -1.15. The molecule has 0 atom stereocenters. The van der Waals surface area contributed by atoms with Crippen LogP contribution in [0.25, 0.3) is 21.7 Å². The van der Waals surface area contributed by atoms with Crippen molar-refractivity contribution in [3.8, 4) is 0 Å². The number of nitrogens with one attached hydrogen (secondary N) is 1. The van der Waals surface area contributed by atoms with Crippen LogP contribution in [-0.2, 0) is 11.3 Å². The number of benzene rings is 2. The van der Waals surface area contributed by atoms with Crippen LogP contribution in [0.1, 0.15) is 5.56 Å². The van der Waals surface area contributed by atoms with Crippen molar-refractivity contribution in [3.05, 3.63) is 58.4 Å². The maximum absolute atomic E-state index is 11.7. The summed E-state index contributed by atoms with van der Waals surface area (Å²) < 4.78 is 5.24. The third kappa shape index (κ3) is 2.80. The van der Waals surface area contributed by atoms with E-state index in [1.165, 1.54) is 6.07 Å². The van der Waals surface area contributed by atoms with Gasteiger partial charge in [0.25, 0.3) is 5.91 Å². The Morgan fingerprint density at radius 2 is 1.95 bits per heavy atom. The van der Waals surface area contributed by atoms with E-state index in [9.17, 15) is 9.59 Å². The molecule has 1 amide bonds. The molecule has 112 valence electrons. The largest absolute Gasteiger partial charge is 0.423 e. The van der Waals surface area contributed by atoms with Crippen LogP contribution in [0.15, 0.2) is 51.7 Å². The van der Waals surface area contributed by atoms with Crippen molar-refractivity contribution in [1.29, 1.82) is 0 Å². The third-order valence-electron chi connectivity index (χ3n) is 3.37. The van der Waals surface area contributed by atoms with Gasteiger partial charge in [0.05, 0.1) is 0 Å². The Bertz CT molecular complexity index is 918. The zero-order chi connectivity index (χ0) is 15.7. The number of fused-ring (bicyclic) bond motifs is 3. The number of hydrogen-bond acceptors (Lipinski definition) is 3. The average Bonchev–Trinajstić information content (AvgIpc) is 2.51. The van der Waals surface area contributed by atoms with Gasteiger partial charge in [0.15, 0.2) is 4.84 Å². The summed E-state index contributed by atoms with van der Waals surface area (Å²) in [5.74, 6) is -0.509. The van der Waals surface area contributed by atoms with Crippen LogP contribution in [0.2, 0.25) is 0 Å². The first kappa shape index (κ1) is 14.9. The zero-order valence-electron chi connectivity index (χ0n) is 11.3. The molecule has 0 saturated carbocycles. The summed E-state index contributed by atoms with van der Waals surface area (Å²) >= 11 is 11.0. The van der Waals surface area contributed by atoms with E-state index < -0.39 is 16.4 Å². The summed E-state index contributed by atoms with van der Waals surface area (Å²) in [5.41, 5.74) is 0.662. The van der Waals surface area contributed by atoms with Crippen molar-refractivity contribution >= 4 is 50.9 Å². The summed E-state index contributed by atoms with van der Waals surface area (Å²) in [6, 6.07) is 12.7. The van der Waals surface area contributed by atoms with Gasteiger partial charge in [0, 0.05) is 18.0 Å². The molecule has 0 unspecified atom stereocenters. The van der Waals surface area contributed by atoms with Gasteiger partial charge in [-0.25, -0.2) is 4.79 Å². The lowest BCUT2D eigenvalue weighted by molar-refractivity contribution is -0.119. The molecule has 0 bridgehead atoms. The van der Waals surface area contributed by atoms with E-state index in [0.717, 1.165) is 16.2 Å². The quantitative estimate of drug-likeness (QED) is 0.453. The van der Waals surface area contributed by atoms with Gasteiger partial charge in [-0.05, 0) is 22.4 Å². The summed E-state index contributed by atoms with van der Waals surface area (Å²) in [7, 11) is 0. The number of carbonyl (C=O) groups is 1. The normalized spacial score (nSPS) is 11.2. The second kappa shape index (κ2) is 5.99. The van der Waals surface area contributed by atoms with E-state index in [2.05, 4.69) is 5.32 Å². The van der Waals surface area contributed by atoms with Crippen molar-refractivity contribution in [2.24, 2.45) is 0 Å². The van der Waals surface area contributed by atoms with Crippen LogP contribution in [-0.4, -0.2) is 10.7 Å². The maximum atomic E-state index is 11.7. The standard InChI is InChI=1S/C16H11Cl2NO3/c17-15(18)16(21)19-8-10-7-13(20)22-12-6-5-9-3-1-2-4-11(9)14(10)12/h1-7,15H,8H2,(H,19,21). The van der Waals surface area contributed by atoms with Crippen molar-refractivity contribution in [3.63, 3.8) is 0 Å². The molecule has 4 nitrogen and oxygen atoms in total. The fraction of sp³-hybridized carbons (Fsp3) is 0.125. The Hall–Kier alpha value is -2.04. The predicted molar refractivity (Wildman–Crippen MR) is 87.3 cm³/mol. The van der Waals surface area contributed by atoms with Crippen LogP contribution in [0, 0.1) is 0 Å². The number of hydrogen-bond donors (Lipinski definition) is 1. The fourth-order valence-corrected chi connectivity index (χ4v) is 2.57. The van der Waals surface area contributed by atoms with Crippen molar-refractivity contribution in [1.82, 2.24) is 5.32 Å². The summed E-state index contributed by atoms with van der Waals surface area (Å²) in [5, 5.41) is 5.35. The molecule has 1 N–H and O–H groups in total. The molecule has 0 aliphatic carbocycles. The highest BCUT2D eigenvalue weighted by atomic mass is 35.5. The number of alkyl halides is 2. The SMILES string of the molecule is O=C(NCc1cc(=O)oc2ccc3ccccc3c12)C(Cl)Cl. The van der Waals surface area contributed by atoms with Crippen LogP contribution >= 0.6 is 23.2 Å². The molecular weight excluding hydrogens is 325 g/mol. The van der Waals surface area contributed by atoms with Crippen molar-refractivity contribution in [2.75, 3.05) is 0 Å². The molecule has 6 heteroatoms. The van der Waals surface area contributed by atoms with Gasteiger partial charge in [-0.3, -0.25) is 4.79 Å². The first-order valence-electron chi connectivity index (χ1n) is 6.56. The first-order chi connectivity index (χ1) is 10.6. The molecule has 22 heavy (non-hydrogen) atoms. The number of rotatable bonds is 3. The topological polar surface area (TPSA) is 59.3 Å². The van der Waals surface area contributed by atoms with Crippen LogP contribution < -0.4 is 10.9 Å². The maximum Gasteiger partial charge on any atom is 0.336 e. The lowest BCUT2D eigenvalue weighted by Gasteiger charge is -2.10. The third-order valence-corrected chi connectivity index (χ3v) is 3.76. The molecule has 0 spiro atoms. The highest BCUT2D eigenvalue weighted by Gasteiger charge is 2.13. The second-order valence-corrected chi connectivity index (χ2v) is 5.87. The molecule has 0 aliphatic rings. The molecule has 0 aliphatic heterocycles. The highest BCUT2D eigenvalue weighted by Crippen LogP contribution is 2.27. The number of amides is 1. The Morgan fingerprint density at radius 1 is 1.18 bits per heavy atom. The minimum absolute atomic E-state index is 0.144. The summed E-state index contributed by atoms with van der Waals surface area (Å²) in [6.07, 6.45) is 0. The van der Waals surface area contributed by atoms with Gasteiger partial charge in [-0.1, -0.05) is 53.5 Å². The summed E-state index contributed by atoms with van der Waals surface area (Å²) in [4.78, 5) is 22.1. The van der Waals surface area contributed by atoms with E-state index >= 15 is 0 Å². The zero-order valence-corrected chi connectivity index (χ0v) is 12.8. The molecule has 2 aromatic carbocycles. The molecule has 3 aromatic rings. The van der Waals surface area contributed by atoms with E-state index in [1.54, 1.807) is 6.07 Å². The second-order valence-electron chi connectivity index (χ2n) is 4.77. The molecule has 1 heterocycles. The molecule has 1 aromatic heterocycles. The van der Waals surface area contributed by atoms with Crippen LogP contribution in [0.5, 0.6) is 0 Å². The Balaban J connectivity index is 2.17. The smallest absolute Gasteiger partial charge is 0.336 e. The van der Waals surface area contributed by atoms with Crippen molar-refractivity contribution < 1.29 is 9.21 Å². The average molecular weight is 336 g/mol. The lowest BCUT2D eigenvalue weighted by Crippen LogP contribution is -2.28. The monoisotopic (exact) mass is 335 g/mol. The van der Waals surface area contributed by atoms with E-state index in [1.807, 2.05) is 30.3 Å². The number of carbonyl (C=O) groups excluding carboxylic acids is 1. The predicted octanol–water partition coefficient (Wildman–Crippen LogP) is 3.37. The molecular formula is C16H11Cl2NO3.